The summed E-state index contributed by atoms with van der Waals surface area (Å²) in [6, 6.07) is 5.23. The van der Waals surface area contributed by atoms with Gasteiger partial charge in [-0.2, -0.15) is 0 Å². The first-order valence-electron chi connectivity index (χ1n) is 9.29. The van der Waals surface area contributed by atoms with Gasteiger partial charge < -0.3 is 19.6 Å². The summed E-state index contributed by atoms with van der Waals surface area (Å²) in [5.41, 5.74) is 1.58. The number of hydrogen-bond acceptors (Lipinski definition) is 4. The number of carbonyl (C=O) groups is 2. The van der Waals surface area contributed by atoms with Crippen molar-refractivity contribution in [1.29, 1.82) is 0 Å². The van der Waals surface area contributed by atoms with E-state index in [-0.39, 0.29) is 23.7 Å². The van der Waals surface area contributed by atoms with E-state index < -0.39 is 11.6 Å². The molecule has 1 N–H and O–H groups in total. The number of aromatic carboxylic acids is 1. The van der Waals surface area contributed by atoms with Crippen molar-refractivity contribution >= 4 is 23.8 Å². The minimum atomic E-state index is -0.941. The minimum Gasteiger partial charge on any atom is -0.478 e. The van der Waals surface area contributed by atoms with E-state index >= 15 is 0 Å². The topological polar surface area (TPSA) is 70.1 Å². The standard InChI is InChI=1S/C21H30N2O4/c1-7-8-16-11-17(19(24)25)9-10-18(16)22-12-15(3)23(13-14(22)2)20(26)27-21(4,5)6/h7-11,14-15H,12-13H2,1-6H3,(H,24,25)/b8-7-/t14-,15+/m1/s1. The SMILES string of the molecule is C/C=C\c1cc(C(=O)O)ccc1N1C[C@H](C)N(C(=O)OC(C)(C)C)C[C@H]1C. The first-order valence-corrected chi connectivity index (χ1v) is 9.29. The van der Waals surface area contributed by atoms with E-state index in [9.17, 15) is 14.7 Å². The normalized spacial score (nSPS) is 20.8. The predicted octanol–water partition coefficient (Wildman–Crippen LogP) is 4.25. The Morgan fingerprint density at radius 1 is 1.19 bits per heavy atom. The molecular formula is C21H30N2O4. The fraction of sp³-hybridized carbons (Fsp3) is 0.524. The van der Waals surface area contributed by atoms with E-state index in [2.05, 4.69) is 11.8 Å². The molecule has 1 aromatic carbocycles. The molecule has 1 aliphatic rings. The second-order valence-electron chi connectivity index (χ2n) is 8.06. The maximum absolute atomic E-state index is 12.5. The number of piperazine rings is 1. The van der Waals surface area contributed by atoms with E-state index in [1.165, 1.54) is 0 Å². The van der Waals surface area contributed by atoms with E-state index in [0.717, 1.165) is 11.3 Å². The monoisotopic (exact) mass is 374 g/mol. The van der Waals surface area contributed by atoms with E-state index in [1.807, 2.05) is 52.8 Å². The molecule has 6 heteroatoms. The quantitative estimate of drug-likeness (QED) is 0.856. The summed E-state index contributed by atoms with van der Waals surface area (Å²) in [5, 5.41) is 9.27. The van der Waals surface area contributed by atoms with Gasteiger partial charge >= 0.3 is 12.1 Å². The molecule has 1 aliphatic heterocycles. The highest BCUT2D eigenvalue weighted by atomic mass is 16.6. The number of rotatable bonds is 3. The number of nitrogens with zero attached hydrogens (tertiary/aromatic N) is 2. The summed E-state index contributed by atoms with van der Waals surface area (Å²) in [5.74, 6) is -0.941. The van der Waals surface area contributed by atoms with Gasteiger partial charge in [-0.25, -0.2) is 9.59 Å². The summed E-state index contributed by atoms with van der Waals surface area (Å²) in [7, 11) is 0. The number of benzene rings is 1. The minimum absolute atomic E-state index is 0.0198. The lowest BCUT2D eigenvalue weighted by molar-refractivity contribution is 0.0130. The number of carbonyl (C=O) groups excluding carboxylic acids is 1. The smallest absolute Gasteiger partial charge is 0.410 e. The van der Waals surface area contributed by atoms with E-state index in [1.54, 1.807) is 17.0 Å². The van der Waals surface area contributed by atoms with Crippen LogP contribution in [-0.2, 0) is 4.74 Å². The molecule has 0 spiro atoms. The molecule has 148 valence electrons. The van der Waals surface area contributed by atoms with Crippen LogP contribution < -0.4 is 4.90 Å². The van der Waals surface area contributed by atoms with Crippen LogP contribution in [0.15, 0.2) is 24.3 Å². The molecule has 1 heterocycles. The fourth-order valence-electron chi connectivity index (χ4n) is 3.30. The highest BCUT2D eigenvalue weighted by molar-refractivity contribution is 5.90. The largest absolute Gasteiger partial charge is 0.478 e. The number of amides is 1. The summed E-state index contributed by atoms with van der Waals surface area (Å²) in [4.78, 5) is 27.8. The second-order valence-corrected chi connectivity index (χ2v) is 8.06. The molecule has 1 amide bonds. The Morgan fingerprint density at radius 3 is 2.41 bits per heavy atom. The Morgan fingerprint density at radius 2 is 1.85 bits per heavy atom. The van der Waals surface area contributed by atoms with Gasteiger partial charge in [0.05, 0.1) is 5.56 Å². The molecule has 0 bridgehead atoms. The Kier molecular flexibility index (Phi) is 6.19. The van der Waals surface area contributed by atoms with Crippen molar-refractivity contribution in [3.8, 4) is 0 Å². The maximum atomic E-state index is 12.5. The van der Waals surface area contributed by atoms with Crippen molar-refractivity contribution < 1.29 is 19.4 Å². The van der Waals surface area contributed by atoms with Crippen molar-refractivity contribution in [3.63, 3.8) is 0 Å². The van der Waals surface area contributed by atoms with Gasteiger partial charge in [-0.1, -0.05) is 12.2 Å². The zero-order valence-corrected chi connectivity index (χ0v) is 17.0. The number of carboxylic acids is 1. The molecule has 1 fully saturated rings. The van der Waals surface area contributed by atoms with Gasteiger partial charge in [0.1, 0.15) is 5.60 Å². The van der Waals surface area contributed by atoms with Gasteiger partial charge in [0.25, 0.3) is 0 Å². The molecule has 6 nitrogen and oxygen atoms in total. The van der Waals surface area contributed by atoms with Gasteiger partial charge in [0.15, 0.2) is 0 Å². The molecule has 0 saturated carbocycles. The van der Waals surface area contributed by atoms with Crippen molar-refractivity contribution in [3.05, 3.63) is 35.4 Å². The maximum Gasteiger partial charge on any atom is 0.410 e. The molecule has 1 saturated heterocycles. The van der Waals surface area contributed by atoms with Crippen molar-refractivity contribution in [2.75, 3.05) is 18.0 Å². The fourth-order valence-corrected chi connectivity index (χ4v) is 3.30. The first kappa shape index (κ1) is 20.8. The lowest BCUT2D eigenvalue weighted by Gasteiger charge is -2.45. The van der Waals surface area contributed by atoms with Crippen LogP contribution in [0.25, 0.3) is 6.08 Å². The third-order valence-corrected chi connectivity index (χ3v) is 4.54. The summed E-state index contributed by atoms with van der Waals surface area (Å²) in [6.07, 6.45) is 3.52. The van der Waals surface area contributed by atoms with Gasteiger partial charge in [-0.3, -0.25) is 0 Å². The number of hydrogen-bond donors (Lipinski definition) is 1. The number of allylic oxidation sites excluding steroid dienone is 1. The molecule has 0 unspecified atom stereocenters. The van der Waals surface area contributed by atoms with Gasteiger partial charge in [0, 0.05) is 30.9 Å². The third kappa shape index (κ3) is 5.02. The van der Waals surface area contributed by atoms with Crippen LogP contribution in [0.2, 0.25) is 0 Å². The van der Waals surface area contributed by atoms with Crippen LogP contribution >= 0.6 is 0 Å². The highest BCUT2D eigenvalue weighted by Gasteiger charge is 2.35. The van der Waals surface area contributed by atoms with Crippen molar-refractivity contribution in [2.24, 2.45) is 0 Å². The van der Waals surface area contributed by atoms with Crippen LogP contribution in [0.3, 0.4) is 0 Å². The average molecular weight is 374 g/mol. The first-order chi connectivity index (χ1) is 12.5. The number of carboxylic acid groups (broad SMARTS) is 1. The molecule has 2 atom stereocenters. The summed E-state index contributed by atoms with van der Waals surface area (Å²) in [6.45, 7) is 12.8. The average Bonchev–Trinajstić information content (AvgIpc) is 2.55. The van der Waals surface area contributed by atoms with Crippen molar-refractivity contribution in [1.82, 2.24) is 4.90 Å². The summed E-state index contributed by atoms with van der Waals surface area (Å²) < 4.78 is 5.53. The predicted molar refractivity (Wildman–Crippen MR) is 107 cm³/mol. The third-order valence-electron chi connectivity index (χ3n) is 4.54. The van der Waals surface area contributed by atoms with Gasteiger partial charge in [0.2, 0.25) is 0 Å². The Bertz CT molecular complexity index is 736. The lowest BCUT2D eigenvalue weighted by Crippen LogP contribution is -2.59. The van der Waals surface area contributed by atoms with E-state index in [4.69, 9.17) is 4.74 Å². The molecule has 0 aliphatic carbocycles. The lowest BCUT2D eigenvalue weighted by atomic mass is 10.0. The van der Waals surface area contributed by atoms with Crippen LogP contribution in [-0.4, -0.2) is 52.8 Å². The van der Waals surface area contributed by atoms with Gasteiger partial charge in [-0.05, 0) is 65.3 Å². The number of anilines is 1. The molecule has 0 radical (unpaired) electrons. The summed E-state index contributed by atoms with van der Waals surface area (Å²) >= 11 is 0. The second kappa shape index (κ2) is 8.03. The zero-order valence-electron chi connectivity index (χ0n) is 17.0. The van der Waals surface area contributed by atoms with E-state index in [0.29, 0.717) is 13.1 Å². The van der Waals surface area contributed by atoms with Crippen LogP contribution in [0.1, 0.15) is 57.5 Å². The zero-order chi connectivity index (χ0) is 20.4. The molecule has 27 heavy (non-hydrogen) atoms. The molecule has 2 rings (SSSR count). The Hall–Kier alpha value is -2.50. The Balaban J connectivity index is 2.27. The Labute approximate surface area is 161 Å². The van der Waals surface area contributed by atoms with Crippen LogP contribution in [0.5, 0.6) is 0 Å². The van der Waals surface area contributed by atoms with Crippen molar-refractivity contribution in [2.45, 2.75) is 59.2 Å². The highest BCUT2D eigenvalue weighted by Crippen LogP contribution is 2.29. The number of ether oxygens (including phenoxy) is 1. The van der Waals surface area contributed by atoms with Gasteiger partial charge in [-0.15, -0.1) is 0 Å². The van der Waals surface area contributed by atoms with Crippen LogP contribution in [0.4, 0.5) is 10.5 Å². The van der Waals surface area contributed by atoms with Crippen LogP contribution in [0, 0.1) is 0 Å². The molecular weight excluding hydrogens is 344 g/mol. The molecule has 0 aromatic heterocycles. The molecule has 1 aromatic rings.